The zero-order valence-electron chi connectivity index (χ0n) is 13.0. The van der Waals surface area contributed by atoms with Gasteiger partial charge in [0.2, 0.25) is 0 Å². The lowest BCUT2D eigenvalue weighted by atomic mass is 9.72. The third-order valence-corrected chi connectivity index (χ3v) is 6.58. The minimum Gasteiger partial charge on any atom is -0.334 e. The number of aromatic amines is 1. The second kappa shape index (κ2) is 4.63. The second-order valence-corrected chi connectivity index (χ2v) is 9.21. The molecule has 4 heteroatoms. The monoisotopic (exact) mass is 318 g/mol. The molecular formula is C17H22N2S2. The van der Waals surface area contributed by atoms with Gasteiger partial charge >= 0.3 is 0 Å². The van der Waals surface area contributed by atoms with Crippen LogP contribution in [0.1, 0.15) is 62.2 Å². The number of hydrogen-bond acceptors (Lipinski definition) is 3. The molecule has 0 aromatic carbocycles. The van der Waals surface area contributed by atoms with Crippen molar-refractivity contribution >= 4 is 33.8 Å². The molecule has 1 fully saturated rings. The fourth-order valence-corrected chi connectivity index (χ4v) is 5.20. The van der Waals surface area contributed by atoms with Gasteiger partial charge in [-0.25, -0.2) is 4.98 Å². The van der Waals surface area contributed by atoms with Crippen LogP contribution in [0.4, 0.5) is 0 Å². The van der Waals surface area contributed by atoms with Crippen molar-refractivity contribution in [2.75, 3.05) is 0 Å². The summed E-state index contributed by atoms with van der Waals surface area (Å²) in [5.41, 5.74) is 1.88. The molecule has 2 aromatic heterocycles. The Balaban J connectivity index is 1.81. The summed E-state index contributed by atoms with van der Waals surface area (Å²) in [5, 5.41) is 1.25. The Labute approximate surface area is 135 Å². The summed E-state index contributed by atoms with van der Waals surface area (Å²) in [7, 11) is 0. The number of fused-ring (bicyclic) bond motifs is 3. The molecule has 1 N–H and O–H groups in total. The predicted octanol–water partition coefficient (Wildman–Crippen LogP) is 5.38. The maximum absolute atomic E-state index is 5.64. The zero-order chi connectivity index (χ0) is 14.8. The molecule has 4 rings (SSSR count). The molecule has 0 bridgehead atoms. The van der Waals surface area contributed by atoms with Crippen LogP contribution in [0.25, 0.3) is 10.2 Å². The van der Waals surface area contributed by atoms with E-state index in [1.165, 1.54) is 52.8 Å². The molecule has 2 heterocycles. The smallest absolute Gasteiger partial charge is 0.128 e. The summed E-state index contributed by atoms with van der Waals surface area (Å²) in [6, 6.07) is 0. The number of rotatable bonds is 1. The highest BCUT2D eigenvalue weighted by Crippen LogP contribution is 2.44. The molecular weight excluding hydrogens is 296 g/mol. The Morgan fingerprint density at radius 3 is 2.67 bits per heavy atom. The Kier molecular flexibility index (Phi) is 3.06. The molecule has 0 radical (unpaired) electrons. The molecule has 2 aromatic rings. The van der Waals surface area contributed by atoms with Gasteiger partial charge in [-0.05, 0) is 49.0 Å². The number of thiophene rings is 1. The first-order valence-corrected chi connectivity index (χ1v) is 9.20. The lowest BCUT2D eigenvalue weighted by molar-refractivity contribution is 0.218. The van der Waals surface area contributed by atoms with Gasteiger partial charge in [-0.3, -0.25) is 0 Å². The average molecular weight is 319 g/mol. The molecule has 0 amide bonds. The van der Waals surface area contributed by atoms with Crippen LogP contribution in [0.2, 0.25) is 0 Å². The van der Waals surface area contributed by atoms with Crippen LogP contribution in [0.3, 0.4) is 0 Å². The van der Waals surface area contributed by atoms with E-state index in [-0.39, 0.29) is 0 Å². The third-order valence-electron chi connectivity index (χ3n) is 5.13. The lowest BCUT2D eigenvalue weighted by Crippen LogP contribution is -2.26. The van der Waals surface area contributed by atoms with E-state index in [9.17, 15) is 0 Å². The highest BCUT2D eigenvalue weighted by molar-refractivity contribution is 7.71. The van der Waals surface area contributed by atoms with Crippen molar-refractivity contribution in [3.8, 4) is 0 Å². The van der Waals surface area contributed by atoms with Crippen LogP contribution < -0.4 is 0 Å². The van der Waals surface area contributed by atoms with Gasteiger partial charge in [-0.2, -0.15) is 0 Å². The maximum Gasteiger partial charge on any atom is 0.128 e. The standard InChI is InChI=1S/C17H22N2S2/c1-17(2,3)10-6-7-11-12(8-10)21-16-13(11)15(20)18-14(19-16)9-4-5-9/h9-10H,4-8H2,1-3H3,(H,18,19,20). The Morgan fingerprint density at radius 1 is 1.24 bits per heavy atom. The van der Waals surface area contributed by atoms with Crippen LogP contribution in [-0.4, -0.2) is 9.97 Å². The first-order valence-electron chi connectivity index (χ1n) is 7.98. The van der Waals surface area contributed by atoms with Gasteiger partial charge in [0, 0.05) is 16.2 Å². The average Bonchev–Trinajstić information content (AvgIpc) is 3.17. The second-order valence-electron chi connectivity index (χ2n) is 7.72. The van der Waals surface area contributed by atoms with Crippen molar-refractivity contribution in [3.63, 3.8) is 0 Å². The number of hydrogen-bond donors (Lipinski definition) is 1. The number of aromatic nitrogens is 2. The lowest BCUT2D eigenvalue weighted by Gasteiger charge is -2.33. The number of H-pyrrole nitrogens is 1. The highest BCUT2D eigenvalue weighted by atomic mass is 32.1. The van der Waals surface area contributed by atoms with E-state index in [1.54, 1.807) is 0 Å². The van der Waals surface area contributed by atoms with Gasteiger partial charge in [0.15, 0.2) is 0 Å². The van der Waals surface area contributed by atoms with Crippen molar-refractivity contribution in [1.82, 2.24) is 9.97 Å². The van der Waals surface area contributed by atoms with E-state index in [4.69, 9.17) is 17.2 Å². The molecule has 0 saturated heterocycles. The molecule has 2 aliphatic carbocycles. The minimum absolute atomic E-state index is 0.392. The predicted molar refractivity (Wildman–Crippen MR) is 91.7 cm³/mol. The molecule has 2 nitrogen and oxygen atoms in total. The maximum atomic E-state index is 5.64. The molecule has 2 aliphatic rings. The van der Waals surface area contributed by atoms with Crippen molar-refractivity contribution in [3.05, 3.63) is 20.9 Å². The summed E-state index contributed by atoms with van der Waals surface area (Å²) in [4.78, 5) is 11.0. The molecule has 112 valence electrons. The summed E-state index contributed by atoms with van der Waals surface area (Å²) in [5.74, 6) is 2.54. The SMILES string of the molecule is CC(C)(C)C1CCc2c(sc3nc(C4CC4)[nH]c(=S)c23)C1. The van der Waals surface area contributed by atoms with Gasteiger partial charge in [-0.15, -0.1) is 11.3 Å². The zero-order valence-corrected chi connectivity index (χ0v) is 14.6. The van der Waals surface area contributed by atoms with Crippen molar-refractivity contribution in [2.24, 2.45) is 11.3 Å². The summed E-state index contributed by atoms with van der Waals surface area (Å²) < 4.78 is 0.925. The van der Waals surface area contributed by atoms with E-state index in [2.05, 4.69) is 25.8 Å². The molecule has 1 saturated carbocycles. The van der Waals surface area contributed by atoms with Crippen LogP contribution >= 0.6 is 23.6 Å². The van der Waals surface area contributed by atoms with E-state index in [0.717, 1.165) is 16.4 Å². The van der Waals surface area contributed by atoms with E-state index in [0.29, 0.717) is 11.3 Å². The van der Waals surface area contributed by atoms with Gasteiger partial charge in [0.05, 0.1) is 0 Å². The number of nitrogens with one attached hydrogen (secondary N) is 1. The van der Waals surface area contributed by atoms with Crippen LogP contribution in [0.5, 0.6) is 0 Å². The van der Waals surface area contributed by atoms with E-state index >= 15 is 0 Å². The van der Waals surface area contributed by atoms with E-state index in [1.807, 2.05) is 11.3 Å². The van der Waals surface area contributed by atoms with Crippen LogP contribution in [0.15, 0.2) is 0 Å². The fourth-order valence-electron chi connectivity index (χ4n) is 3.49. The fraction of sp³-hybridized carbons (Fsp3) is 0.647. The van der Waals surface area contributed by atoms with Crippen molar-refractivity contribution < 1.29 is 0 Å². The minimum atomic E-state index is 0.392. The Hall–Kier alpha value is -0.740. The quantitative estimate of drug-likeness (QED) is 0.715. The first-order chi connectivity index (χ1) is 9.93. The topological polar surface area (TPSA) is 28.7 Å². The van der Waals surface area contributed by atoms with Gasteiger partial charge < -0.3 is 4.98 Å². The highest BCUT2D eigenvalue weighted by Gasteiger charge is 2.32. The largest absolute Gasteiger partial charge is 0.334 e. The van der Waals surface area contributed by atoms with Crippen molar-refractivity contribution in [2.45, 2.75) is 58.8 Å². The van der Waals surface area contributed by atoms with Gasteiger partial charge in [0.25, 0.3) is 0 Å². The van der Waals surface area contributed by atoms with E-state index < -0.39 is 0 Å². The molecule has 21 heavy (non-hydrogen) atoms. The molecule has 1 unspecified atom stereocenters. The normalized spacial score (nSPS) is 22.5. The summed E-state index contributed by atoms with van der Waals surface area (Å²) >= 11 is 7.54. The molecule has 0 aliphatic heterocycles. The van der Waals surface area contributed by atoms with Gasteiger partial charge in [-0.1, -0.05) is 33.0 Å². The third kappa shape index (κ3) is 2.36. The molecule has 0 spiro atoms. The number of nitrogens with zero attached hydrogens (tertiary/aromatic N) is 1. The van der Waals surface area contributed by atoms with Crippen LogP contribution in [0, 0.1) is 16.0 Å². The Morgan fingerprint density at radius 2 is 2.00 bits per heavy atom. The summed E-state index contributed by atoms with van der Waals surface area (Å²) in [6.45, 7) is 7.10. The van der Waals surface area contributed by atoms with Crippen molar-refractivity contribution in [1.29, 1.82) is 0 Å². The number of aryl methyl sites for hydroxylation is 1. The van der Waals surface area contributed by atoms with Crippen LogP contribution in [-0.2, 0) is 12.8 Å². The van der Waals surface area contributed by atoms with Gasteiger partial charge in [0.1, 0.15) is 15.3 Å². The first kappa shape index (κ1) is 13.9. The molecule has 1 atom stereocenters. The summed E-state index contributed by atoms with van der Waals surface area (Å²) in [6.07, 6.45) is 6.18. The Bertz CT molecular complexity index is 759.